The molecule has 4 aromatic rings. The maximum atomic E-state index is 13.7. The Bertz CT molecular complexity index is 1480. The Balaban J connectivity index is 1.78. The molecule has 172 valence electrons. The standard InChI is InChI=1S/C27H22FNO5/c1-4-33-21-12-6-16(14-22(21)32-3)24-23-25(30)19-13-15(2)5-11-20(19)34-26(23)27(31)29(24)18-9-7-17(28)8-10-18/h5-14,24H,4H2,1-3H3. The van der Waals surface area contributed by atoms with E-state index in [1.54, 1.807) is 30.3 Å². The van der Waals surface area contributed by atoms with Crippen LogP contribution in [-0.2, 0) is 0 Å². The molecule has 0 N–H and O–H groups in total. The summed E-state index contributed by atoms with van der Waals surface area (Å²) in [5.41, 5.74) is 2.27. The quantitative estimate of drug-likeness (QED) is 0.400. The minimum atomic E-state index is -0.793. The Hall–Kier alpha value is -4.13. The van der Waals surface area contributed by atoms with Gasteiger partial charge in [0.15, 0.2) is 16.9 Å². The lowest BCUT2D eigenvalue weighted by Gasteiger charge is -2.26. The van der Waals surface area contributed by atoms with Crippen LogP contribution < -0.4 is 19.8 Å². The van der Waals surface area contributed by atoms with Crippen LogP contribution in [0.5, 0.6) is 11.5 Å². The molecular formula is C27H22FNO5. The van der Waals surface area contributed by atoms with Crippen molar-refractivity contribution in [2.24, 2.45) is 0 Å². The van der Waals surface area contributed by atoms with Gasteiger partial charge in [0.1, 0.15) is 11.4 Å². The van der Waals surface area contributed by atoms with E-state index < -0.39 is 17.8 Å². The Morgan fingerprint density at radius 2 is 1.76 bits per heavy atom. The van der Waals surface area contributed by atoms with E-state index in [2.05, 4.69) is 0 Å². The van der Waals surface area contributed by atoms with Gasteiger partial charge in [0.2, 0.25) is 5.76 Å². The fourth-order valence-electron chi connectivity index (χ4n) is 4.40. The summed E-state index contributed by atoms with van der Waals surface area (Å²) in [5.74, 6) is 0.0957. The number of hydrogen-bond donors (Lipinski definition) is 0. The van der Waals surface area contributed by atoms with Gasteiger partial charge in [0.05, 0.1) is 30.7 Å². The maximum Gasteiger partial charge on any atom is 0.295 e. The highest BCUT2D eigenvalue weighted by atomic mass is 19.1. The Morgan fingerprint density at radius 1 is 1.00 bits per heavy atom. The van der Waals surface area contributed by atoms with Crippen molar-refractivity contribution in [3.63, 3.8) is 0 Å². The van der Waals surface area contributed by atoms with E-state index in [9.17, 15) is 14.0 Å². The molecule has 34 heavy (non-hydrogen) atoms. The molecule has 0 radical (unpaired) electrons. The normalized spacial score (nSPS) is 15.0. The number of amides is 1. The van der Waals surface area contributed by atoms with Gasteiger partial charge in [0.25, 0.3) is 5.91 Å². The third-order valence-corrected chi connectivity index (χ3v) is 5.93. The molecule has 0 fully saturated rings. The average Bonchev–Trinajstić information content (AvgIpc) is 3.13. The lowest BCUT2D eigenvalue weighted by molar-refractivity contribution is 0.0971. The van der Waals surface area contributed by atoms with Gasteiger partial charge in [-0.05, 0) is 67.9 Å². The van der Waals surface area contributed by atoms with Crippen LogP contribution in [0.4, 0.5) is 10.1 Å². The molecule has 1 atom stereocenters. The van der Waals surface area contributed by atoms with Crippen molar-refractivity contribution in [3.05, 3.63) is 99.2 Å². The van der Waals surface area contributed by atoms with E-state index in [4.69, 9.17) is 13.9 Å². The first-order valence-corrected chi connectivity index (χ1v) is 10.9. The molecule has 0 spiro atoms. The summed E-state index contributed by atoms with van der Waals surface area (Å²) < 4.78 is 30.8. The lowest BCUT2D eigenvalue weighted by Crippen LogP contribution is -2.29. The summed E-state index contributed by atoms with van der Waals surface area (Å²) >= 11 is 0. The topological polar surface area (TPSA) is 69.0 Å². The summed E-state index contributed by atoms with van der Waals surface area (Å²) in [6.45, 7) is 4.21. The molecule has 0 saturated heterocycles. The molecule has 0 aliphatic carbocycles. The molecule has 2 heterocycles. The van der Waals surface area contributed by atoms with Crippen LogP contribution in [-0.4, -0.2) is 19.6 Å². The SMILES string of the molecule is CCOc1ccc(C2c3c(oc4ccc(C)cc4c3=O)C(=O)N2c2ccc(F)cc2)cc1OC. The van der Waals surface area contributed by atoms with Crippen LogP contribution in [0, 0.1) is 12.7 Å². The number of fused-ring (bicyclic) bond motifs is 2. The number of carbonyl (C=O) groups excluding carboxylic acids is 1. The second-order valence-corrected chi connectivity index (χ2v) is 8.07. The smallest absolute Gasteiger partial charge is 0.295 e. The molecule has 0 bridgehead atoms. The van der Waals surface area contributed by atoms with Crippen LogP contribution in [0.15, 0.2) is 69.9 Å². The molecule has 5 rings (SSSR count). The number of aryl methyl sites for hydroxylation is 1. The fraction of sp³-hybridized carbons (Fsp3) is 0.185. The Kier molecular flexibility index (Phi) is 5.32. The van der Waals surface area contributed by atoms with Gasteiger partial charge in [-0.1, -0.05) is 17.7 Å². The molecule has 1 aromatic heterocycles. The molecule has 1 aliphatic heterocycles. The zero-order chi connectivity index (χ0) is 24.0. The van der Waals surface area contributed by atoms with Gasteiger partial charge in [0, 0.05) is 5.69 Å². The fourth-order valence-corrected chi connectivity index (χ4v) is 4.40. The van der Waals surface area contributed by atoms with Gasteiger partial charge < -0.3 is 13.9 Å². The van der Waals surface area contributed by atoms with Crippen LogP contribution in [0.2, 0.25) is 0 Å². The number of benzene rings is 3. The van der Waals surface area contributed by atoms with E-state index in [-0.39, 0.29) is 16.8 Å². The summed E-state index contributed by atoms with van der Waals surface area (Å²) in [5, 5.41) is 0.399. The van der Waals surface area contributed by atoms with Crippen LogP contribution in [0.1, 0.15) is 40.2 Å². The minimum Gasteiger partial charge on any atom is -0.493 e. The second-order valence-electron chi connectivity index (χ2n) is 8.07. The third-order valence-electron chi connectivity index (χ3n) is 5.93. The van der Waals surface area contributed by atoms with E-state index in [0.29, 0.717) is 40.3 Å². The second kappa shape index (κ2) is 8.33. The number of carbonyl (C=O) groups is 1. The molecule has 7 heteroatoms. The minimum absolute atomic E-state index is 0.0245. The van der Waals surface area contributed by atoms with Gasteiger partial charge in [-0.15, -0.1) is 0 Å². The van der Waals surface area contributed by atoms with Crippen molar-refractivity contribution < 1.29 is 23.1 Å². The number of rotatable bonds is 5. The van der Waals surface area contributed by atoms with E-state index in [1.807, 2.05) is 19.9 Å². The first-order chi connectivity index (χ1) is 16.4. The molecule has 1 amide bonds. The molecule has 0 saturated carbocycles. The van der Waals surface area contributed by atoms with Crippen LogP contribution in [0.25, 0.3) is 11.0 Å². The van der Waals surface area contributed by atoms with E-state index >= 15 is 0 Å². The lowest BCUT2D eigenvalue weighted by atomic mass is 9.97. The summed E-state index contributed by atoms with van der Waals surface area (Å²) in [6, 6.07) is 15.3. The van der Waals surface area contributed by atoms with Crippen molar-refractivity contribution in [1.82, 2.24) is 0 Å². The van der Waals surface area contributed by atoms with Gasteiger partial charge >= 0.3 is 0 Å². The zero-order valence-electron chi connectivity index (χ0n) is 18.9. The van der Waals surface area contributed by atoms with Crippen molar-refractivity contribution in [3.8, 4) is 11.5 Å². The first kappa shape index (κ1) is 21.7. The van der Waals surface area contributed by atoms with Crippen molar-refractivity contribution >= 4 is 22.6 Å². The van der Waals surface area contributed by atoms with Crippen LogP contribution in [0.3, 0.4) is 0 Å². The largest absolute Gasteiger partial charge is 0.493 e. The van der Waals surface area contributed by atoms with E-state index in [0.717, 1.165) is 5.56 Å². The first-order valence-electron chi connectivity index (χ1n) is 10.9. The molecule has 6 nitrogen and oxygen atoms in total. The number of halogens is 1. The predicted octanol–water partition coefficient (Wildman–Crippen LogP) is 5.40. The highest BCUT2D eigenvalue weighted by Crippen LogP contribution is 2.43. The molecule has 1 unspecified atom stereocenters. The third kappa shape index (κ3) is 3.41. The maximum absolute atomic E-state index is 13.7. The van der Waals surface area contributed by atoms with Gasteiger partial charge in [-0.3, -0.25) is 14.5 Å². The highest BCUT2D eigenvalue weighted by molar-refractivity contribution is 6.10. The number of nitrogens with zero attached hydrogens (tertiary/aromatic N) is 1. The summed E-state index contributed by atoms with van der Waals surface area (Å²) in [4.78, 5) is 28.8. The summed E-state index contributed by atoms with van der Waals surface area (Å²) in [7, 11) is 1.53. The Labute approximate surface area is 195 Å². The highest BCUT2D eigenvalue weighted by Gasteiger charge is 2.44. The number of anilines is 1. The number of ether oxygens (including phenoxy) is 2. The number of methoxy groups -OCH3 is 1. The van der Waals surface area contributed by atoms with Crippen molar-refractivity contribution in [2.45, 2.75) is 19.9 Å². The number of hydrogen-bond acceptors (Lipinski definition) is 5. The molecular weight excluding hydrogens is 437 g/mol. The van der Waals surface area contributed by atoms with E-state index in [1.165, 1.54) is 36.3 Å². The summed E-state index contributed by atoms with van der Waals surface area (Å²) in [6.07, 6.45) is 0. The van der Waals surface area contributed by atoms with Crippen LogP contribution >= 0.6 is 0 Å². The van der Waals surface area contributed by atoms with Gasteiger partial charge in [-0.25, -0.2) is 4.39 Å². The molecule has 3 aromatic carbocycles. The molecule has 1 aliphatic rings. The van der Waals surface area contributed by atoms with Crippen molar-refractivity contribution in [2.75, 3.05) is 18.6 Å². The van der Waals surface area contributed by atoms with Crippen molar-refractivity contribution in [1.29, 1.82) is 0 Å². The predicted molar refractivity (Wildman–Crippen MR) is 126 cm³/mol. The Morgan fingerprint density at radius 3 is 2.47 bits per heavy atom. The zero-order valence-corrected chi connectivity index (χ0v) is 18.9. The monoisotopic (exact) mass is 459 g/mol. The van der Waals surface area contributed by atoms with Gasteiger partial charge in [-0.2, -0.15) is 0 Å². The average molecular weight is 459 g/mol.